The Bertz CT molecular complexity index is 1060. The molecule has 0 fully saturated rings. The molecule has 1 amide bonds. The minimum atomic E-state index is -1.12. The van der Waals surface area contributed by atoms with Crippen molar-refractivity contribution in [3.63, 3.8) is 0 Å². The maximum Gasteiger partial charge on any atom is 0.337 e. The molecule has 0 aliphatic rings. The number of methoxy groups -OCH3 is 1. The zero-order chi connectivity index (χ0) is 22.2. The van der Waals surface area contributed by atoms with Crippen molar-refractivity contribution in [2.45, 2.75) is 13.5 Å². The molecular formula is C23H22N2O5S. The number of thiophene rings is 1. The first-order valence-corrected chi connectivity index (χ1v) is 10.3. The lowest BCUT2D eigenvalue weighted by Crippen LogP contribution is -2.34. The van der Waals surface area contributed by atoms with E-state index >= 15 is 0 Å². The summed E-state index contributed by atoms with van der Waals surface area (Å²) in [6.45, 7) is 1.64. The lowest BCUT2D eigenvalue weighted by molar-refractivity contribution is -0.123. The van der Waals surface area contributed by atoms with Gasteiger partial charge in [0.25, 0.3) is 5.91 Å². The average Bonchev–Trinajstić information content (AvgIpc) is 3.33. The molecule has 0 atom stereocenters. The van der Waals surface area contributed by atoms with Gasteiger partial charge in [0.2, 0.25) is 0 Å². The van der Waals surface area contributed by atoms with E-state index in [1.807, 2.05) is 29.6 Å². The highest BCUT2D eigenvalue weighted by atomic mass is 32.1. The molecule has 1 aromatic heterocycles. The van der Waals surface area contributed by atoms with Gasteiger partial charge in [-0.1, -0.05) is 35.5 Å². The number of aromatic carboxylic acids is 1. The zero-order valence-electron chi connectivity index (χ0n) is 17.1. The van der Waals surface area contributed by atoms with Crippen LogP contribution >= 0.6 is 11.3 Å². The molecule has 0 saturated carbocycles. The van der Waals surface area contributed by atoms with Crippen molar-refractivity contribution < 1.29 is 24.3 Å². The van der Waals surface area contributed by atoms with Crippen molar-refractivity contribution in [3.8, 4) is 5.75 Å². The Labute approximate surface area is 184 Å². The van der Waals surface area contributed by atoms with Crippen LogP contribution in [0.25, 0.3) is 0 Å². The average molecular weight is 439 g/mol. The molecule has 7 nitrogen and oxygen atoms in total. The van der Waals surface area contributed by atoms with Gasteiger partial charge in [-0.3, -0.25) is 4.79 Å². The van der Waals surface area contributed by atoms with E-state index in [9.17, 15) is 14.7 Å². The van der Waals surface area contributed by atoms with Crippen LogP contribution in [0.3, 0.4) is 0 Å². The summed E-state index contributed by atoms with van der Waals surface area (Å²) in [7, 11) is 1.57. The number of rotatable bonds is 9. The number of hydrogen-bond acceptors (Lipinski definition) is 6. The Kier molecular flexibility index (Phi) is 7.40. The van der Waals surface area contributed by atoms with Crippen molar-refractivity contribution in [2.24, 2.45) is 5.16 Å². The Morgan fingerprint density at radius 3 is 2.45 bits per heavy atom. The van der Waals surface area contributed by atoms with Gasteiger partial charge in [-0.2, -0.15) is 0 Å². The van der Waals surface area contributed by atoms with Crippen LogP contribution in [0.1, 0.15) is 27.7 Å². The van der Waals surface area contributed by atoms with E-state index < -0.39 is 11.9 Å². The first kappa shape index (κ1) is 22.0. The second kappa shape index (κ2) is 10.4. The van der Waals surface area contributed by atoms with Crippen LogP contribution in [0.4, 0.5) is 5.69 Å². The molecule has 1 N–H and O–H groups in total. The maximum atomic E-state index is 13.0. The lowest BCUT2D eigenvalue weighted by Gasteiger charge is -2.24. The van der Waals surface area contributed by atoms with Gasteiger partial charge in [0.1, 0.15) is 5.75 Å². The third-order valence-corrected chi connectivity index (χ3v) is 5.47. The number of anilines is 1. The number of carbonyl (C=O) groups excluding carboxylic acids is 1. The van der Waals surface area contributed by atoms with E-state index in [0.29, 0.717) is 17.1 Å². The van der Waals surface area contributed by atoms with Crippen LogP contribution in [0.2, 0.25) is 0 Å². The van der Waals surface area contributed by atoms with Gasteiger partial charge in [0, 0.05) is 0 Å². The summed E-state index contributed by atoms with van der Waals surface area (Å²) in [5.41, 5.74) is 1.80. The van der Waals surface area contributed by atoms with Crippen LogP contribution in [0, 0.1) is 0 Å². The summed E-state index contributed by atoms with van der Waals surface area (Å²) < 4.78 is 5.17. The fourth-order valence-electron chi connectivity index (χ4n) is 2.90. The smallest absolute Gasteiger partial charge is 0.337 e. The number of hydrogen-bond donors (Lipinski definition) is 1. The van der Waals surface area contributed by atoms with Gasteiger partial charge in [-0.05, 0) is 48.2 Å². The summed E-state index contributed by atoms with van der Waals surface area (Å²) in [5.74, 6) is -0.836. The Morgan fingerprint density at radius 1 is 1.06 bits per heavy atom. The van der Waals surface area contributed by atoms with E-state index in [-0.39, 0.29) is 18.7 Å². The van der Waals surface area contributed by atoms with Crippen molar-refractivity contribution >= 4 is 34.6 Å². The van der Waals surface area contributed by atoms with Crippen molar-refractivity contribution in [2.75, 3.05) is 18.6 Å². The molecule has 1 heterocycles. The van der Waals surface area contributed by atoms with E-state index in [1.165, 1.54) is 22.3 Å². The molecule has 0 spiro atoms. The van der Waals surface area contributed by atoms with E-state index in [0.717, 1.165) is 10.4 Å². The fourth-order valence-corrected chi connectivity index (χ4v) is 3.57. The van der Waals surface area contributed by atoms with Crippen molar-refractivity contribution in [3.05, 3.63) is 82.0 Å². The van der Waals surface area contributed by atoms with Gasteiger partial charge in [0.05, 0.1) is 35.5 Å². The number of para-hydroxylation sites is 1. The molecule has 0 aliphatic heterocycles. The summed E-state index contributed by atoms with van der Waals surface area (Å²) in [5, 5.41) is 15.5. The number of carboxylic acids is 1. The lowest BCUT2D eigenvalue weighted by atomic mass is 10.1. The molecule has 0 aliphatic carbocycles. The summed E-state index contributed by atoms with van der Waals surface area (Å²) >= 11 is 1.52. The van der Waals surface area contributed by atoms with Crippen LogP contribution < -0.4 is 9.64 Å². The van der Waals surface area contributed by atoms with Crippen LogP contribution in [0.15, 0.2) is 71.2 Å². The highest BCUT2D eigenvalue weighted by Crippen LogP contribution is 2.24. The minimum absolute atomic E-state index is 0.0302. The second-order valence-corrected chi connectivity index (χ2v) is 7.53. The van der Waals surface area contributed by atoms with Gasteiger partial charge >= 0.3 is 5.97 Å². The Hall–Kier alpha value is -3.65. The zero-order valence-corrected chi connectivity index (χ0v) is 18.0. The van der Waals surface area contributed by atoms with Gasteiger partial charge in [0.15, 0.2) is 6.61 Å². The predicted octanol–water partition coefficient (Wildman–Crippen LogP) is 4.43. The highest BCUT2D eigenvalue weighted by Gasteiger charge is 2.22. The molecule has 160 valence electrons. The number of ether oxygens (including phenoxy) is 1. The largest absolute Gasteiger partial charge is 0.497 e. The second-order valence-electron chi connectivity index (χ2n) is 6.58. The molecule has 8 heteroatoms. The molecule has 3 aromatic rings. The fraction of sp³-hybridized carbons (Fsp3) is 0.174. The summed E-state index contributed by atoms with van der Waals surface area (Å²) in [6, 6.07) is 17.4. The molecule has 31 heavy (non-hydrogen) atoms. The number of oxime groups is 1. The standard InChI is InChI=1S/C23H22N2O5S/c1-16(21-8-5-13-31-21)24-30-15-22(26)25(14-17-9-11-18(29-2)12-10-17)20-7-4-3-6-19(20)23(27)28/h3-13H,14-15H2,1-2H3,(H,27,28)/b24-16-. The molecule has 2 aromatic carbocycles. The predicted molar refractivity (Wildman–Crippen MR) is 120 cm³/mol. The molecule has 0 unspecified atom stereocenters. The van der Waals surface area contributed by atoms with Crippen molar-refractivity contribution in [1.82, 2.24) is 0 Å². The topological polar surface area (TPSA) is 88.4 Å². The molecule has 0 saturated heterocycles. The van der Waals surface area contributed by atoms with Crippen LogP contribution in [-0.2, 0) is 16.2 Å². The SMILES string of the molecule is COc1ccc(CN(C(=O)CO/N=C(/C)c2cccs2)c2ccccc2C(=O)O)cc1. The van der Waals surface area contributed by atoms with Gasteiger partial charge in [-0.15, -0.1) is 11.3 Å². The monoisotopic (exact) mass is 438 g/mol. The normalized spacial score (nSPS) is 11.1. The summed E-state index contributed by atoms with van der Waals surface area (Å²) in [4.78, 5) is 32.4. The summed E-state index contributed by atoms with van der Waals surface area (Å²) in [6.07, 6.45) is 0. The number of nitrogens with zero attached hydrogens (tertiary/aromatic N) is 2. The van der Waals surface area contributed by atoms with E-state index in [4.69, 9.17) is 9.57 Å². The third kappa shape index (κ3) is 5.70. The van der Waals surface area contributed by atoms with Crippen LogP contribution in [0.5, 0.6) is 5.75 Å². The Morgan fingerprint density at radius 2 is 1.81 bits per heavy atom. The number of amides is 1. The minimum Gasteiger partial charge on any atom is -0.497 e. The highest BCUT2D eigenvalue weighted by molar-refractivity contribution is 7.12. The maximum absolute atomic E-state index is 13.0. The molecule has 0 radical (unpaired) electrons. The number of benzene rings is 2. The van der Waals surface area contributed by atoms with Gasteiger partial charge in [-0.25, -0.2) is 4.79 Å². The van der Waals surface area contributed by atoms with Gasteiger partial charge < -0.3 is 19.6 Å². The Balaban J connectivity index is 1.83. The van der Waals surface area contributed by atoms with E-state index in [2.05, 4.69) is 5.16 Å². The number of carboxylic acid groups (broad SMARTS) is 1. The van der Waals surface area contributed by atoms with Crippen molar-refractivity contribution in [1.29, 1.82) is 0 Å². The first-order chi connectivity index (χ1) is 15.0. The quantitative estimate of drug-likeness (QED) is 0.394. The molecular weight excluding hydrogens is 416 g/mol. The number of carbonyl (C=O) groups is 2. The molecule has 0 bridgehead atoms. The van der Waals surface area contributed by atoms with Crippen LogP contribution in [-0.4, -0.2) is 36.4 Å². The third-order valence-electron chi connectivity index (χ3n) is 4.49. The first-order valence-electron chi connectivity index (χ1n) is 9.45. The molecule has 3 rings (SSSR count). The van der Waals surface area contributed by atoms with E-state index in [1.54, 1.807) is 44.4 Å².